The second-order valence-electron chi connectivity index (χ2n) is 12.3. The van der Waals surface area contributed by atoms with Crippen LogP contribution in [0.1, 0.15) is 64.5 Å². The molecular formula is C34H36N2O6. The number of anilines is 1. The summed E-state index contributed by atoms with van der Waals surface area (Å²) >= 11 is 0. The van der Waals surface area contributed by atoms with Crippen molar-refractivity contribution < 1.29 is 28.9 Å². The molecule has 3 heterocycles. The second kappa shape index (κ2) is 9.10. The Morgan fingerprint density at radius 2 is 1.81 bits per heavy atom. The van der Waals surface area contributed by atoms with E-state index < -0.39 is 28.6 Å². The van der Waals surface area contributed by atoms with Gasteiger partial charge in [0.1, 0.15) is 34.3 Å². The van der Waals surface area contributed by atoms with Gasteiger partial charge in [-0.3, -0.25) is 9.59 Å². The molecule has 0 saturated carbocycles. The SMILES string of the molecule is C=C[C@@]1(C)C(=O)Oc2c([C@@]3(c4ccc(N(C)C)cc4)NC(=O)c4c(OC)cccc43)c3c(c(C)c21)C[C@H](C(C)(C)O)O3. The lowest BCUT2D eigenvalue weighted by Crippen LogP contribution is -2.43. The zero-order valence-corrected chi connectivity index (χ0v) is 25.0. The van der Waals surface area contributed by atoms with Crippen LogP contribution >= 0.6 is 0 Å². The molecule has 1 amide bonds. The number of benzene rings is 3. The number of aliphatic hydroxyl groups is 1. The molecule has 3 aromatic rings. The van der Waals surface area contributed by atoms with E-state index in [0.717, 1.165) is 22.4 Å². The smallest absolute Gasteiger partial charge is 0.325 e. The molecule has 2 N–H and O–H groups in total. The number of methoxy groups -OCH3 is 1. The first-order chi connectivity index (χ1) is 19.8. The van der Waals surface area contributed by atoms with Gasteiger partial charge in [-0.15, -0.1) is 6.58 Å². The monoisotopic (exact) mass is 568 g/mol. The molecule has 8 nitrogen and oxygen atoms in total. The molecule has 3 aromatic carbocycles. The average Bonchev–Trinajstić information content (AvgIpc) is 3.61. The van der Waals surface area contributed by atoms with Crippen molar-refractivity contribution in [2.75, 3.05) is 26.1 Å². The summed E-state index contributed by atoms with van der Waals surface area (Å²) in [4.78, 5) is 29.5. The van der Waals surface area contributed by atoms with Crippen molar-refractivity contribution in [2.45, 2.75) is 56.8 Å². The molecule has 3 aliphatic rings. The Balaban J connectivity index is 1.78. The number of carbonyl (C=O) groups excluding carboxylic acids is 2. The van der Waals surface area contributed by atoms with Crippen LogP contribution in [0.3, 0.4) is 0 Å². The molecule has 218 valence electrons. The van der Waals surface area contributed by atoms with E-state index in [9.17, 15) is 14.7 Å². The zero-order chi connectivity index (χ0) is 30.4. The largest absolute Gasteiger partial charge is 0.496 e. The third-order valence-electron chi connectivity index (χ3n) is 9.14. The first kappa shape index (κ1) is 27.8. The van der Waals surface area contributed by atoms with Gasteiger partial charge >= 0.3 is 5.97 Å². The highest BCUT2D eigenvalue weighted by Crippen LogP contribution is 2.59. The second-order valence-corrected chi connectivity index (χ2v) is 12.3. The molecule has 0 unspecified atom stereocenters. The number of fused-ring (bicyclic) bond motifs is 3. The lowest BCUT2D eigenvalue weighted by Gasteiger charge is -2.35. The van der Waals surface area contributed by atoms with Crippen LogP contribution in [-0.4, -0.2) is 49.9 Å². The maximum atomic E-state index is 13.9. The number of nitrogens with one attached hydrogen (secondary N) is 1. The third-order valence-corrected chi connectivity index (χ3v) is 9.14. The van der Waals surface area contributed by atoms with Crippen LogP contribution in [0.25, 0.3) is 0 Å². The predicted molar refractivity (Wildman–Crippen MR) is 160 cm³/mol. The highest BCUT2D eigenvalue weighted by atomic mass is 16.5. The highest BCUT2D eigenvalue weighted by molar-refractivity contribution is 6.05. The molecule has 0 spiro atoms. The van der Waals surface area contributed by atoms with E-state index in [4.69, 9.17) is 14.2 Å². The molecule has 42 heavy (non-hydrogen) atoms. The van der Waals surface area contributed by atoms with Gasteiger partial charge < -0.3 is 29.5 Å². The fourth-order valence-electron chi connectivity index (χ4n) is 6.69. The fraction of sp³-hybridized carbons (Fsp3) is 0.353. The van der Waals surface area contributed by atoms with Gasteiger partial charge in [-0.05, 0) is 57.0 Å². The van der Waals surface area contributed by atoms with Gasteiger partial charge in [0, 0.05) is 42.9 Å². The molecule has 3 aliphatic heterocycles. The van der Waals surface area contributed by atoms with Crippen molar-refractivity contribution in [1.29, 1.82) is 0 Å². The first-order valence-corrected chi connectivity index (χ1v) is 14.0. The molecule has 8 heteroatoms. The van der Waals surface area contributed by atoms with Gasteiger partial charge in [-0.2, -0.15) is 0 Å². The van der Waals surface area contributed by atoms with Crippen LogP contribution in [0, 0.1) is 6.92 Å². The van der Waals surface area contributed by atoms with Crippen molar-refractivity contribution in [3.8, 4) is 17.2 Å². The van der Waals surface area contributed by atoms with Gasteiger partial charge in [0.15, 0.2) is 0 Å². The molecular weight excluding hydrogens is 532 g/mol. The summed E-state index contributed by atoms with van der Waals surface area (Å²) in [6, 6.07) is 13.4. The Morgan fingerprint density at radius 3 is 2.40 bits per heavy atom. The summed E-state index contributed by atoms with van der Waals surface area (Å²) in [6.45, 7) is 11.2. The first-order valence-electron chi connectivity index (χ1n) is 14.0. The third kappa shape index (κ3) is 3.57. The Morgan fingerprint density at radius 1 is 1.12 bits per heavy atom. The number of esters is 1. The number of hydrogen-bond acceptors (Lipinski definition) is 7. The molecule has 0 radical (unpaired) electrons. The normalized spacial score (nSPS) is 23.9. The Labute approximate surface area is 245 Å². The Kier molecular flexibility index (Phi) is 6.03. The number of hydrogen-bond donors (Lipinski definition) is 2. The average molecular weight is 569 g/mol. The summed E-state index contributed by atoms with van der Waals surface area (Å²) in [7, 11) is 5.45. The van der Waals surface area contributed by atoms with E-state index >= 15 is 0 Å². The van der Waals surface area contributed by atoms with Gasteiger partial charge in [0.05, 0.1) is 23.8 Å². The van der Waals surface area contributed by atoms with E-state index in [-0.39, 0.29) is 5.91 Å². The topological polar surface area (TPSA) is 97.3 Å². The minimum absolute atomic E-state index is 0.324. The standard InChI is InChI=1S/C34H36N2O6/c1-9-33(5)26-18(2)21-17-24(32(3,4)39)41-28(21)27(29(26)42-31(33)38)34(19-13-15-20(16-14-19)36(6)7)22-11-10-12-23(40-8)25(22)30(37)35-34/h9-16,24,39H,1,17H2,2-8H3,(H,35,37)/t24-,33-,34+/m1/s1. The summed E-state index contributed by atoms with van der Waals surface area (Å²) in [6.07, 6.45) is 1.46. The van der Waals surface area contributed by atoms with Crippen LogP contribution in [0.2, 0.25) is 0 Å². The van der Waals surface area contributed by atoms with Crippen LogP contribution in [0.4, 0.5) is 5.69 Å². The number of rotatable bonds is 6. The predicted octanol–water partition coefficient (Wildman–Crippen LogP) is 4.54. The summed E-state index contributed by atoms with van der Waals surface area (Å²) in [5.74, 6) is 0.484. The van der Waals surface area contributed by atoms with Crippen molar-refractivity contribution in [3.63, 3.8) is 0 Å². The Hall–Kier alpha value is -4.30. The van der Waals surface area contributed by atoms with Crippen molar-refractivity contribution in [3.05, 3.63) is 94.1 Å². The minimum atomic E-state index is -1.31. The van der Waals surface area contributed by atoms with E-state index in [1.165, 1.54) is 7.11 Å². The van der Waals surface area contributed by atoms with E-state index in [2.05, 4.69) is 11.9 Å². The van der Waals surface area contributed by atoms with Crippen LogP contribution in [0.15, 0.2) is 55.1 Å². The highest BCUT2D eigenvalue weighted by Gasteiger charge is 2.57. The molecule has 6 rings (SSSR count). The van der Waals surface area contributed by atoms with Gasteiger partial charge in [-0.1, -0.05) is 30.3 Å². The quantitative estimate of drug-likeness (QED) is 0.256. The molecule has 0 saturated heterocycles. The van der Waals surface area contributed by atoms with E-state index in [1.807, 2.05) is 62.3 Å². The molecule has 0 aliphatic carbocycles. The summed E-state index contributed by atoms with van der Waals surface area (Å²) in [5, 5.41) is 14.3. The maximum absolute atomic E-state index is 13.9. The number of carbonyl (C=O) groups is 2. The van der Waals surface area contributed by atoms with Crippen LogP contribution in [-0.2, 0) is 22.2 Å². The van der Waals surface area contributed by atoms with Gasteiger partial charge in [0.25, 0.3) is 5.91 Å². The van der Waals surface area contributed by atoms with Crippen LogP contribution in [0.5, 0.6) is 17.2 Å². The maximum Gasteiger partial charge on any atom is 0.325 e. The fourth-order valence-corrected chi connectivity index (χ4v) is 6.69. The summed E-state index contributed by atoms with van der Waals surface area (Å²) in [5.41, 5.74) is 2.09. The van der Waals surface area contributed by atoms with E-state index in [0.29, 0.717) is 45.9 Å². The van der Waals surface area contributed by atoms with Crippen molar-refractivity contribution >= 4 is 17.6 Å². The van der Waals surface area contributed by atoms with E-state index in [1.54, 1.807) is 32.9 Å². The minimum Gasteiger partial charge on any atom is -0.496 e. The molecule has 3 atom stereocenters. The summed E-state index contributed by atoms with van der Waals surface area (Å²) < 4.78 is 18.4. The number of nitrogens with zero attached hydrogens (tertiary/aromatic N) is 1. The Bertz CT molecular complexity index is 1670. The van der Waals surface area contributed by atoms with Gasteiger partial charge in [0.2, 0.25) is 0 Å². The molecule has 0 aromatic heterocycles. The zero-order valence-electron chi connectivity index (χ0n) is 25.0. The lowest BCUT2D eigenvalue weighted by atomic mass is 9.72. The van der Waals surface area contributed by atoms with Crippen LogP contribution < -0.4 is 24.4 Å². The van der Waals surface area contributed by atoms with Crippen molar-refractivity contribution in [1.82, 2.24) is 5.32 Å². The number of ether oxygens (including phenoxy) is 3. The van der Waals surface area contributed by atoms with Crippen molar-refractivity contribution in [2.24, 2.45) is 0 Å². The molecule has 0 fully saturated rings. The molecule has 0 bridgehead atoms. The lowest BCUT2D eigenvalue weighted by molar-refractivity contribution is -0.136. The van der Waals surface area contributed by atoms with Gasteiger partial charge in [-0.25, -0.2) is 0 Å². The number of amides is 1.